The Morgan fingerprint density at radius 2 is 1.52 bits per heavy atom. The molecule has 0 spiro atoms. The number of nitrogens with zero attached hydrogens (tertiary/aromatic N) is 1. The second-order valence-corrected chi connectivity index (χ2v) is 7.80. The van der Waals surface area contributed by atoms with Crippen molar-refractivity contribution in [2.45, 2.75) is 50.3 Å². The summed E-state index contributed by atoms with van der Waals surface area (Å²) < 4.78 is -0.259. The summed E-state index contributed by atoms with van der Waals surface area (Å²) >= 11 is 0. The van der Waals surface area contributed by atoms with Crippen LogP contribution in [0.25, 0.3) is 0 Å². The van der Waals surface area contributed by atoms with Crippen LogP contribution in [0.3, 0.4) is 0 Å². The number of benzene rings is 2. The SMILES string of the molecule is C[C@@H](C(O)(c1ccccc1)c1ccccc1)[N+]1([O-])CC[C@@H]2CCC[C@@H]21. The quantitative estimate of drug-likeness (QED) is 0.671. The van der Waals surface area contributed by atoms with Crippen LogP contribution in [0.4, 0.5) is 0 Å². The number of aliphatic hydroxyl groups is 1. The lowest BCUT2D eigenvalue weighted by atomic mass is 9.79. The number of likely N-dealkylation sites (tertiary alicyclic amines) is 1. The highest BCUT2D eigenvalue weighted by molar-refractivity contribution is 5.37. The van der Waals surface area contributed by atoms with Gasteiger partial charge in [-0.15, -0.1) is 0 Å². The van der Waals surface area contributed by atoms with E-state index in [-0.39, 0.29) is 10.7 Å². The molecule has 1 N–H and O–H groups in total. The number of quaternary nitrogens is 1. The largest absolute Gasteiger partial charge is 0.632 e. The van der Waals surface area contributed by atoms with Gasteiger partial charge in [0, 0.05) is 18.8 Å². The molecule has 3 heteroatoms. The zero-order chi connectivity index (χ0) is 17.5. The molecule has 25 heavy (non-hydrogen) atoms. The second-order valence-electron chi connectivity index (χ2n) is 7.80. The molecule has 1 aliphatic heterocycles. The monoisotopic (exact) mass is 337 g/mol. The van der Waals surface area contributed by atoms with Gasteiger partial charge in [0.05, 0.1) is 12.6 Å². The topological polar surface area (TPSA) is 43.3 Å². The molecule has 1 unspecified atom stereocenters. The summed E-state index contributed by atoms with van der Waals surface area (Å²) in [6.45, 7) is 2.58. The fourth-order valence-corrected chi connectivity index (χ4v) is 5.29. The van der Waals surface area contributed by atoms with Crippen molar-refractivity contribution in [3.8, 4) is 0 Å². The molecule has 4 rings (SSSR count). The molecule has 4 atom stereocenters. The smallest absolute Gasteiger partial charge is 0.166 e. The van der Waals surface area contributed by atoms with Crippen molar-refractivity contribution < 1.29 is 9.75 Å². The lowest BCUT2D eigenvalue weighted by Crippen LogP contribution is -2.61. The van der Waals surface area contributed by atoms with Gasteiger partial charge in [-0.1, -0.05) is 60.7 Å². The minimum absolute atomic E-state index is 0.147. The third-order valence-corrected chi connectivity index (χ3v) is 6.72. The Bertz CT molecular complexity index is 678. The summed E-state index contributed by atoms with van der Waals surface area (Å²) in [6, 6.07) is 19.1. The second kappa shape index (κ2) is 6.24. The molecule has 0 bridgehead atoms. The molecule has 1 saturated carbocycles. The summed E-state index contributed by atoms with van der Waals surface area (Å²) in [5.74, 6) is 0.538. The number of hydroxylamine groups is 3. The van der Waals surface area contributed by atoms with E-state index in [9.17, 15) is 10.3 Å². The standard InChI is InChI=1S/C22H27NO2/c1-17(23(25)16-15-18-9-8-14-21(18)23)22(24,19-10-4-2-5-11-19)20-12-6-3-7-13-20/h2-7,10-13,17-18,21,24H,8-9,14-16H2,1H3/t17-,18-,21-,23?/m0/s1. The highest BCUT2D eigenvalue weighted by Gasteiger charge is 2.54. The van der Waals surface area contributed by atoms with Crippen molar-refractivity contribution in [3.05, 3.63) is 77.0 Å². The van der Waals surface area contributed by atoms with Crippen LogP contribution in [0.5, 0.6) is 0 Å². The summed E-state index contributed by atoms with van der Waals surface area (Å²) in [5, 5.41) is 25.9. The molecule has 1 saturated heterocycles. The van der Waals surface area contributed by atoms with Gasteiger partial charge in [0.25, 0.3) is 0 Å². The highest BCUT2D eigenvalue weighted by Crippen LogP contribution is 2.48. The molecule has 0 radical (unpaired) electrons. The number of hydrogen-bond acceptors (Lipinski definition) is 2. The van der Waals surface area contributed by atoms with Crippen molar-refractivity contribution in [3.63, 3.8) is 0 Å². The maximum atomic E-state index is 14.0. The van der Waals surface area contributed by atoms with Gasteiger partial charge in [-0.3, -0.25) is 0 Å². The predicted molar refractivity (Wildman–Crippen MR) is 99.6 cm³/mol. The Morgan fingerprint density at radius 1 is 0.960 bits per heavy atom. The first-order chi connectivity index (χ1) is 12.1. The Hall–Kier alpha value is -1.68. The normalized spacial score (nSPS) is 30.2. The van der Waals surface area contributed by atoms with E-state index in [2.05, 4.69) is 0 Å². The first-order valence-corrected chi connectivity index (χ1v) is 9.48. The van der Waals surface area contributed by atoms with E-state index in [1.54, 1.807) is 0 Å². The molecule has 2 aliphatic rings. The van der Waals surface area contributed by atoms with Crippen LogP contribution < -0.4 is 0 Å². The first kappa shape index (κ1) is 16.8. The molecule has 2 aromatic carbocycles. The molecule has 3 nitrogen and oxygen atoms in total. The maximum absolute atomic E-state index is 14.0. The molecular formula is C22H27NO2. The van der Waals surface area contributed by atoms with E-state index in [0.29, 0.717) is 12.5 Å². The van der Waals surface area contributed by atoms with Crippen LogP contribution in [0.1, 0.15) is 43.7 Å². The Kier molecular flexibility index (Phi) is 4.19. The van der Waals surface area contributed by atoms with Crippen LogP contribution in [-0.2, 0) is 5.60 Å². The van der Waals surface area contributed by atoms with Gasteiger partial charge < -0.3 is 15.0 Å². The van der Waals surface area contributed by atoms with Crippen LogP contribution in [0, 0.1) is 11.1 Å². The van der Waals surface area contributed by atoms with E-state index in [4.69, 9.17) is 0 Å². The Labute approximate surface area is 150 Å². The van der Waals surface area contributed by atoms with Gasteiger partial charge in [0.15, 0.2) is 5.60 Å². The molecule has 2 aromatic rings. The average molecular weight is 337 g/mol. The summed E-state index contributed by atoms with van der Waals surface area (Å²) in [7, 11) is 0. The summed E-state index contributed by atoms with van der Waals surface area (Å²) in [6.07, 6.45) is 4.32. The van der Waals surface area contributed by atoms with Gasteiger partial charge in [-0.2, -0.15) is 0 Å². The maximum Gasteiger partial charge on any atom is 0.166 e. The van der Waals surface area contributed by atoms with E-state index >= 15 is 0 Å². The molecule has 1 heterocycles. The van der Waals surface area contributed by atoms with E-state index in [1.165, 1.54) is 6.42 Å². The van der Waals surface area contributed by atoms with Crippen molar-refractivity contribution in [2.24, 2.45) is 5.92 Å². The predicted octanol–water partition coefficient (Wildman–Crippen LogP) is 4.20. The highest BCUT2D eigenvalue weighted by atomic mass is 16.6. The van der Waals surface area contributed by atoms with Gasteiger partial charge in [-0.25, -0.2) is 0 Å². The van der Waals surface area contributed by atoms with Crippen molar-refractivity contribution in [1.82, 2.24) is 0 Å². The first-order valence-electron chi connectivity index (χ1n) is 9.48. The van der Waals surface area contributed by atoms with Gasteiger partial charge in [-0.05, 0) is 30.9 Å². The minimum atomic E-state index is -1.28. The Balaban J connectivity index is 1.81. The van der Waals surface area contributed by atoms with Crippen molar-refractivity contribution in [2.75, 3.05) is 6.54 Å². The molecule has 0 amide bonds. The number of fused-ring (bicyclic) bond motifs is 1. The number of rotatable bonds is 4. The fraction of sp³-hybridized carbons (Fsp3) is 0.455. The fourth-order valence-electron chi connectivity index (χ4n) is 5.29. The third kappa shape index (κ3) is 2.53. The molecule has 1 aliphatic carbocycles. The van der Waals surface area contributed by atoms with E-state index < -0.39 is 11.6 Å². The van der Waals surface area contributed by atoms with Crippen LogP contribution in [0.2, 0.25) is 0 Å². The van der Waals surface area contributed by atoms with Crippen LogP contribution >= 0.6 is 0 Å². The summed E-state index contributed by atoms with van der Waals surface area (Å²) in [5.41, 5.74) is 0.342. The minimum Gasteiger partial charge on any atom is -0.632 e. The summed E-state index contributed by atoms with van der Waals surface area (Å²) in [4.78, 5) is 0. The number of hydrogen-bond donors (Lipinski definition) is 1. The van der Waals surface area contributed by atoms with Crippen LogP contribution in [-0.4, -0.2) is 28.4 Å². The van der Waals surface area contributed by atoms with Crippen molar-refractivity contribution >= 4 is 0 Å². The average Bonchev–Trinajstić information content (AvgIpc) is 3.27. The molecule has 0 aromatic heterocycles. The van der Waals surface area contributed by atoms with Gasteiger partial charge in [0.1, 0.15) is 6.04 Å². The molecule has 132 valence electrons. The van der Waals surface area contributed by atoms with Gasteiger partial charge >= 0.3 is 0 Å². The van der Waals surface area contributed by atoms with E-state index in [0.717, 1.165) is 30.4 Å². The lowest BCUT2D eigenvalue weighted by molar-refractivity contribution is -0.923. The third-order valence-electron chi connectivity index (χ3n) is 6.72. The van der Waals surface area contributed by atoms with E-state index in [1.807, 2.05) is 67.6 Å². The van der Waals surface area contributed by atoms with Crippen LogP contribution in [0.15, 0.2) is 60.7 Å². The van der Waals surface area contributed by atoms with Crippen molar-refractivity contribution in [1.29, 1.82) is 0 Å². The Morgan fingerprint density at radius 3 is 2.08 bits per heavy atom. The van der Waals surface area contributed by atoms with Gasteiger partial charge in [0.2, 0.25) is 0 Å². The zero-order valence-corrected chi connectivity index (χ0v) is 14.8. The lowest BCUT2D eigenvalue weighted by Gasteiger charge is -2.54. The molecule has 2 fully saturated rings. The molecular weight excluding hydrogens is 310 g/mol. The zero-order valence-electron chi connectivity index (χ0n) is 14.8.